The molecule has 1 aliphatic rings. The van der Waals surface area contributed by atoms with Crippen molar-refractivity contribution in [2.75, 3.05) is 26.2 Å². The normalized spacial score (nSPS) is 15.0. The molecule has 7 nitrogen and oxygen atoms in total. The topological polar surface area (TPSA) is 92.9 Å². The number of aryl methyl sites for hydroxylation is 2. The standard InChI is InChI=1S/C17H21N3O4/c1-11-7-15(12(2)24-11)17(22)20-5-3-19(4-6-20)16(21)13-8-14(9-18)23-10-13/h7-8,10H,3-6,9,18H2,1-2H3. The molecule has 0 aliphatic carbocycles. The van der Waals surface area contributed by atoms with Gasteiger partial charge in [-0.1, -0.05) is 0 Å². The Hall–Kier alpha value is -2.54. The Balaban J connectivity index is 1.62. The van der Waals surface area contributed by atoms with Gasteiger partial charge in [-0.2, -0.15) is 0 Å². The molecule has 2 aromatic rings. The Kier molecular flexibility index (Phi) is 4.44. The van der Waals surface area contributed by atoms with Crippen LogP contribution in [0.4, 0.5) is 0 Å². The summed E-state index contributed by atoms with van der Waals surface area (Å²) in [5.74, 6) is 1.79. The maximum absolute atomic E-state index is 12.6. The molecule has 0 saturated carbocycles. The summed E-state index contributed by atoms with van der Waals surface area (Å²) in [5.41, 5.74) is 6.58. The molecule has 1 fully saturated rings. The average molecular weight is 331 g/mol. The molecule has 0 radical (unpaired) electrons. The molecule has 0 atom stereocenters. The van der Waals surface area contributed by atoms with Crippen LogP contribution in [-0.4, -0.2) is 47.8 Å². The van der Waals surface area contributed by atoms with Crippen LogP contribution >= 0.6 is 0 Å². The molecule has 7 heteroatoms. The highest BCUT2D eigenvalue weighted by molar-refractivity contribution is 5.96. The second-order valence-electron chi connectivity index (χ2n) is 5.92. The molecule has 3 heterocycles. The molecule has 128 valence electrons. The van der Waals surface area contributed by atoms with Crippen LogP contribution in [-0.2, 0) is 6.54 Å². The first-order valence-electron chi connectivity index (χ1n) is 7.92. The van der Waals surface area contributed by atoms with E-state index < -0.39 is 0 Å². The number of carbonyl (C=O) groups excluding carboxylic acids is 2. The van der Waals surface area contributed by atoms with Gasteiger partial charge in [0.1, 0.15) is 23.5 Å². The summed E-state index contributed by atoms with van der Waals surface area (Å²) in [6, 6.07) is 3.42. The smallest absolute Gasteiger partial charge is 0.257 e. The van der Waals surface area contributed by atoms with E-state index in [0.29, 0.717) is 48.8 Å². The molecule has 2 aromatic heterocycles. The van der Waals surface area contributed by atoms with Gasteiger partial charge in [0.15, 0.2) is 0 Å². The number of piperazine rings is 1. The minimum absolute atomic E-state index is 0.0508. The van der Waals surface area contributed by atoms with Crippen molar-refractivity contribution in [2.45, 2.75) is 20.4 Å². The zero-order valence-corrected chi connectivity index (χ0v) is 13.9. The molecule has 24 heavy (non-hydrogen) atoms. The number of nitrogens with zero attached hydrogens (tertiary/aromatic N) is 2. The lowest BCUT2D eigenvalue weighted by atomic mass is 10.2. The Morgan fingerprint density at radius 1 is 1.08 bits per heavy atom. The van der Waals surface area contributed by atoms with Gasteiger partial charge in [-0.3, -0.25) is 9.59 Å². The molecule has 1 aliphatic heterocycles. The number of nitrogens with two attached hydrogens (primary N) is 1. The van der Waals surface area contributed by atoms with Crippen LogP contribution in [0.15, 0.2) is 27.2 Å². The van der Waals surface area contributed by atoms with Gasteiger partial charge in [0.05, 0.1) is 17.7 Å². The van der Waals surface area contributed by atoms with Gasteiger partial charge < -0.3 is 24.4 Å². The minimum atomic E-state index is -0.0964. The van der Waals surface area contributed by atoms with Crippen molar-refractivity contribution in [1.82, 2.24) is 9.80 Å². The van der Waals surface area contributed by atoms with Crippen LogP contribution in [0.5, 0.6) is 0 Å². The summed E-state index contributed by atoms with van der Waals surface area (Å²) in [7, 11) is 0. The molecule has 0 unspecified atom stereocenters. The van der Waals surface area contributed by atoms with Crippen molar-refractivity contribution < 1.29 is 18.4 Å². The molecule has 0 aromatic carbocycles. The van der Waals surface area contributed by atoms with E-state index in [1.165, 1.54) is 6.26 Å². The number of carbonyl (C=O) groups is 2. The van der Waals surface area contributed by atoms with E-state index in [1.807, 2.05) is 6.92 Å². The first-order chi connectivity index (χ1) is 11.5. The molecule has 1 saturated heterocycles. The van der Waals surface area contributed by atoms with E-state index in [2.05, 4.69) is 0 Å². The summed E-state index contributed by atoms with van der Waals surface area (Å²) in [6.45, 7) is 5.84. The molecule has 2 N–H and O–H groups in total. The minimum Gasteiger partial charge on any atom is -0.467 e. The van der Waals surface area contributed by atoms with Gasteiger partial charge in [0.2, 0.25) is 0 Å². The van der Waals surface area contributed by atoms with Gasteiger partial charge >= 0.3 is 0 Å². The largest absolute Gasteiger partial charge is 0.467 e. The van der Waals surface area contributed by atoms with E-state index in [4.69, 9.17) is 14.6 Å². The van der Waals surface area contributed by atoms with Crippen molar-refractivity contribution in [3.8, 4) is 0 Å². The lowest BCUT2D eigenvalue weighted by Gasteiger charge is -2.34. The highest BCUT2D eigenvalue weighted by Crippen LogP contribution is 2.18. The molecule has 2 amide bonds. The highest BCUT2D eigenvalue weighted by atomic mass is 16.3. The molecule has 0 bridgehead atoms. The number of furan rings is 2. The second kappa shape index (κ2) is 6.52. The summed E-state index contributed by atoms with van der Waals surface area (Å²) >= 11 is 0. The predicted octanol–water partition coefficient (Wildman–Crippen LogP) is 1.55. The summed E-state index contributed by atoms with van der Waals surface area (Å²) in [5, 5.41) is 0. The van der Waals surface area contributed by atoms with Crippen molar-refractivity contribution in [3.05, 3.63) is 46.8 Å². The van der Waals surface area contributed by atoms with Crippen LogP contribution in [0, 0.1) is 13.8 Å². The Bertz CT molecular complexity index is 754. The van der Waals surface area contributed by atoms with E-state index in [-0.39, 0.29) is 18.4 Å². The van der Waals surface area contributed by atoms with Gasteiger partial charge in [-0.25, -0.2) is 0 Å². The molecule has 0 spiro atoms. The van der Waals surface area contributed by atoms with Crippen LogP contribution in [0.3, 0.4) is 0 Å². The Morgan fingerprint density at radius 3 is 2.21 bits per heavy atom. The fraction of sp³-hybridized carbons (Fsp3) is 0.412. The molecular formula is C17H21N3O4. The van der Waals surface area contributed by atoms with E-state index in [1.54, 1.807) is 28.9 Å². The van der Waals surface area contributed by atoms with Gasteiger partial charge in [-0.05, 0) is 26.0 Å². The average Bonchev–Trinajstić information content (AvgIpc) is 3.20. The number of rotatable bonds is 3. The SMILES string of the molecule is Cc1cc(C(=O)N2CCN(C(=O)c3coc(CN)c3)CC2)c(C)o1. The van der Waals surface area contributed by atoms with Crippen LogP contribution in [0.2, 0.25) is 0 Å². The summed E-state index contributed by atoms with van der Waals surface area (Å²) in [6.07, 6.45) is 1.43. The highest BCUT2D eigenvalue weighted by Gasteiger charge is 2.27. The van der Waals surface area contributed by atoms with Crippen molar-refractivity contribution in [2.24, 2.45) is 5.73 Å². The number of amides is 2. The van der Waals surface area contributed by atoms with E-state index in [9.17, 15) is 9.59 Å². The lowest BCUT2D eigenvalue weighted by molar-refractivity contribution is 0.0534. The Labute approximate surface area is 140 Å². The zero-order chi connectivity index (χ0) is 17.3. The van der Waals surface area contributed by atoms with E-state index in [0.717, 1.165) is 5.76 Å². The third-order valence-electron chi connectivity index (χ3n) is 4.23. The first-order valence-corrected chi connectivity index (χ1v) is 7.92. The van der Waals surface area contributed by atoms with Crippen molar-refractivity contribution in [3.63, 3.8) is 0 Å². The van der Waals surface area contributed by atoms with Gasteiger partial charge in [0.25, 0.3) is 11.8 Å². The van der Waals surface area contributed by atoms with Crippen LogP contribution in [0.25, 0.3) is 0 Å². The monoisotopic (exact) mass is 331 g/mol. The van der Waals surface area contributed by atoms with Gasteiger partial charge in [0, 0.05) is 26.2 Å². The molecular weight excluding hydrogens is 310 g/mol. The molecule has 3 rings (SSSR count). The zero-order valence-electron chi connectivity index (χ0n) is 13.9. The van der Waals surface area contributed by atoms with Crippen molar-refractivity contribution >= 4 is 11.8 Å². The van der Waals surface area contributed by atoms with Crippen LogP contribution < -0.4 is 5.73 Å². The fourth-order valence-electron chi connectivity index (χ4n) is 2.91. The van der Waals surface area contributed by atoms with E-state index >= 15 is 0 Å². The predicted molar refractivity (Wildman–Crippen MR) is 86.6 cm³/mol. The van der Waals surface area contributed by atoms with Crippen LogP contribution in [0.1, 0.15) is 38.0 Å². The number of hydrogen-bond donors (Lipinski definition) is 1. The maximum atomic E-state index is 12.6. The number of hydrogen-bond acceptors (Lipinski definition) is 5. The lowest BCUT2D eigenvalue weighted by Crippen LogP contribution is -2.50. The Morgan fingerprint density at radius 2 is 1.71 bits per heavy atom. The summed E-state index contributed by atoms with van der Waals surface area (Å²) in [4.78, 5) is 28.5. The van der Waals surface area contributed by atoms with Gasteiger partial charge in [-0.15, -0.1) is 0 Å². The maximum Gasteiger partial charge on any atom is 0.257 e. The third kappa shape index (κ3) is 3.07. The summed E-state index contributed by atoms with van der Waals surface area (Å²) < 4.78 is 10.6. The second-order valence-corrected chi connectivity index (χ2v) is 5.92. The third-order valence-corrected chi connectivity index (χ3v) is 4.23. The quantitative estimate of drug-likeness (QED) is 0.921. The fourth-order valence-corrected chi connectivity index (χ4v) is 2.91. The first kappa shape index (κ1) is 16.3. The van der Waals surface area contributed by atoms with Crippen molar-refractivity contribution in [1.29, 1.82) is 0 Å².